The number of rotatable bonds is 1. The summed E-state index contributed by atoms with van der Waals surface area (Å²) in [6.45, 7) is 1.66. The maximum atomic E-state index is 12.8. The van der Waals surface area contributed by atoms with Gasteiger partial charge in [-0.2, -0.15) is 0 Å². The van der Waals surface area contributed by atoms with Gasteiger partial charge in [0.15, 0.2) is 0 Å². The van der Waals surface area contributed by atoms with E-state index < -0.39 is 0 Å². The van der Waals surface area contributed by atoms with Crippen LogP contribution in [0.25, 0.3) is 0 Å². The molecule has 0 aliphatic carbocycles. The van der Waals surface area contributed by atoms with Crippen LogP contribution in [0, 0.1) is 5.82 Å². The SMILES string of the molecule is CNN1Cc2ccc(F)cc2C1.Cl. The molecule has 0 unspecified atom stereocenters. The van der Waals surface area contributed by atoms with Crippen LogP contribution in [0.15, 0.2) is 18.2 Å². The molecule has 0 saturated carbocycles. The van der Waals surface area contributed by atoms with Crippen molar-refractivity contribution < 1.29 is 4.39 Å². The lowest BCUT2D eigenvalue weighted by molar-refractivity contribution is 0.212. The summed E-state index contributed by atoms with van der Waals surface area (Å²) >= 11 is 0. The van der Waals surface area contributed by atoms with Crippen molar-refractivity contribution in [3.63, 3.8) is 0 Å². The molecule has 1 aliphatic rings. The van der Waals surface area contributed by atoms with Crippen LogP contribution in [0.1, 0.15) is 11.1 Å². The topological polar surface area (TPSA) is 15.3 Å². The summed E-state index contributed by atoms with van der Waals surface area (Å²) in [6.07, 6.45) is 0. The molecule has 72 valence electrons. The number of halogens is 2. The zero-order valence-electron chi connectivity index (χ0n) is 7.38. The highest BCUT2D eigenvalue weighted by Crippen LogP contribution is 2.21. The Kier molecular flexibility index (Phi) is 3.25. The lowest BCUT2D eigenvalue weighted by Gasteiger charge is -2.11. The summed E-state index contributed by atoms with van der Waals surface area (Å²) in [5, 5.41) is 2.05. The van der Waals surface area contributed by atoms with Crippen molar-refractivity contribution in [1.29, 1.82) is 0 Å². The van der Waals surface area contributed by atoms with Crippen LogP contribution in [0.4, 0.5) is 4.39 Å². The van der Waals surface area contributed by atoms with Crippen LogP contribution in [0.5, 0.6) is 0 Å². The molecule has 0 atom stereocenters. The fourth-order valence-electron chi connectivity index (χ4n) is 1.52. The van der Waals surface area contributed by atoms with Crippen LogP contribution in [0.3, 0.4) is 0 Å². The van der Waals surface area contributed by atoms with E-state index in [0.29, 0.717) is 0 Å². The second-order valence-corrected chi connectivity index (χ2v) is 2.99. The molecule has 13 heavy (non-hydrogen) atoms. The van der Waals surface area contributed by atoms with Gasteiger partial charge in [-0.3, -0.25) is 5.43 Å². The van der Waals surface area contributed by atoms with E-state index in [1.165, 1.54) is 11.6 Å². The molecule has 0 spiro atoms. The molecule has 2 rings (SSSR count). The second-order valence-electron chi connectivity index (χ2n) is 2.99. The van der Waals surface area contributed by atoms with Crippen molar-refractivity contribution in [1.82, 2.24) is 10.4 Å². The van der Waals surface area contributed by atoms with Gasteiger partial charge in [-0.1, -0.05) is 6.07 Å². The normalized spacial score (nSPS) is 15.2. The molecule has 0 amide bonds. The lowest BCUT2D eigenvalue weighted by Crippen LogP contribution is -2.29. The summed E-state index contributed by atoms with van der Waals surface area (Å²) in [5.74, 6) is -0.147. The van der Waals surface area contributed by atoms with Gasteiger partial charge in [0.1, 0.15) is 5.82 Å². The fraction of sp³-hybridized carbons (Fsp3) is 0.333. The van der Waals surface area contributed by atoms with Crippen molar-refractivity contribution in [2.24, 2.45) is 0 Å². The van der Waals surface area contributed by atoms with Crippen molar-refractivity contribution in [3.8, 4) is 0 Å². The van der Waals surface area contributed by atoms with Crippen LogP contribution < -0.4 is 5.43 Å². The number of fused-ring (bicyclic) bond motifs is 1. The smallest absolute Gasteiger partial charge is 0.123 e. The van der Waals surface area contributed by atoms with Gasteiger partial charge in [-0.15, -0.1) is 12.4 Å². The first-order valence-corrected chi connectivity index (χ1v) is 3.99. The minimum absolute atomic E-state index is 0. The van der Waals surface area contributed by atoms with Crippen molar-refractivity contribution in [2.45, 2.75) is 13.1 Å². The van der Waals surface area contributed by atoms with Gasteiger partial charge >= 0.3 is 0 Å². The number of benzene rings is 1. The predicted molar refractivity (Wildman–Crippen MR) is 52.0 cm³/mol. The Labute approximate surface area is 83.1 Å². The third-order valence-electron chi connectivity index (χ3n) is 2.21. The first-order valence-electron chi connectivity index (χ1n) is 3.99. The molecule has 0 fully saturated rings. The van der Waals surface area contributed by atoms with E-state index in [9.17, 15) is 4.39 Å². The maximum absolute atomic E-state index is 12.8. The van der Waals surface area contributed by atoms with Crippen LogP contribution in [-0.2, 0) is 13.1 Å². The zero-order valence-corrected chi connectivity index (χ0v) is 8.20. The quantitative estimate of drug-likeness (QED) is 0.746. The molecule has 1 aromatic rings. The van der Waals surface area contributed by atoms with Gasteiger partial charge in [-0.25, -0.2) is 9.40 Å². The molecule has 1 aliphatic heterocycles. The van der Waals surface area contributed by atoms with E-state index >= 15 is 0 Å². The standard InChI is InChI=1S/C9H11FN2.ClH/c1-11-12-5-7-2-3-9(10)4-8(7)6-12;/h2-4,11H,5-6H2,1H3;1H. The van der Waals surface area contributed by atoms with Gasteiger partial charge in [0.2, 0.25) is 0 Å². The Morgan fingerprint density at radius 3 is 2.69 bits per heavy atom. The average molecular weight is 203 g/mol. The third-order valence-corrected chi connectivity index (χ3v) is 2.21. The van der Waals surface area contributed by atoms with Crippen LogP contribution in [0.2, 0.25) is 0 Å². The first kappa shape index (κ1) is 10.4. The molecular formula is C9H12ClFN2. The molecule has 1 heterocycles. The van der Waals surface area contributed by atoms with E-state index in [2.05, 4.69) is 5.43 Å². The minimum Gasteiger partial charge on any atom is -0.258 e. The highest BCUT2D eigenvalue weighted by molar-refractivity contribution is 5.85. The molecule has 2 nitrogen and oxygen atoms in total. The Hall–Kier alpha value is -0.640. The van der Waals surface area contributed by atoms with E-state index in [0.717, 1.165) is 18.7 Å². The summed E-state index contributed by atoms with van der Waals surface area (Å²) in [7, 11) is 1.88. The van der Waals surface area contributed by atoms with E-state index in [1.54, 1.807) is 6.07 Å². The minimum atomic E-state index is -0.147. The summed E-state index contributed by atoms with van der Waals surface area (Å²) in [6, 6.07) is 4.96. The Balaban J connectivity index is 0.000000845. The first-order chi connectivity index (χ1) is 5.79. The molecule has 1 aromatic carbocycles. The summed E-state index contributed by atoms with van der Waals surface area (Å²) in [4.78, 5) is 0. The highest BCUT2D eigenvalue weighted by Gasteiger charge is 2.17. The number of nitrogens with zero attached hydrogens (tertiary/aromatic N) is 1. The fourth-order valence-corrected chi connectivity index (χ4v) is 1.52. The van der Waals surface area contributed by atoms with Gasteiger partial charge in [0.05, 0.1) is 0 Å². The monoisotopic (exact) mass is 202 g/mol. The molecular weight excluding hydrogens is 191 g/mol. The summed E-state index contributed by atoms with van der Waals surface area (Å²) < 4.78 is 12.8. The summed E-state index contributed by atoms with van der Waals surface area (Å²) in [5.41, 5.74) is 5.34. The molecule has 4 heteroatoms. The molecule has 0 radical (unpaired) electrons. The number of hydrogen-bond donors (Lipinski definition) is 1. The number of hydrazine groups is 1. The predicted octanol–water partition coefficient (Wildman–Crippen LogP) is 1.70. The largest absolute Gasteiger partial charge is 0.258 e. The Bertz CT molecular complexity index is 304. The van der Waals surface area contributed by atoms with Crippen molar-refractivity contribution >= 4 is 12.4 Å². The van der Waals surface area contributed by atoms with Gasteiger partial charge in [0.25, 0.3) is 0 Å². The Morgan fingerprint density at radius 2 is 2.00 bits per heavy atom. The highest BCUT2D eigenvalue weighted by atomic mass is 35.5. The van der Waals surface area contributed by atoms with Crippen molar-refractivity contribution in [3.05, 3.63) is 35.1 Å². The zero-order chi connectivity index (χ0) is 8.55. The molecule has 0 bridgehead atoms. The molecule has 0 aromatic heterocycles. The van der Waals surface area contributed by atoms with Crippen LogP contribution >= 0.6 is 12.4 Å². The number of hydrogen-bond acceptors (Lipinski definition) is 2. The van der Waals surface area contributed by atoms with E-state index in [1.807, 2.05) is 18.1 Å². The lowest BCUT2D eigenvalue weighted by atomic mass is 10.1. The van der Waals surface area contributed by atoms with E-state index in [-0.39, 0.29) is 18.2 Å². The molecule has 0 saturated heterocycles. The van der Waals surface area contributed by atoms with Gasteiger partial charge in [-0.05, 0) is 30.3 Å². The Morgan fingerprint density at radius 1 is 1.31 bits per heavy atom. The number of nitrogens with one attached hydrogen (secondary N) is 1. The average Bonchev–Trinajstić information content (AvgIpc) is 2.46. The van der Waals surface area contributed by atoms with Gasteiger partial charge < -0.3 is 0 Å². The van der Waals surface area contributed by atoms with Crippen LogP contribution in [-0.4, -0.2) is 12.1 Å². The van der Waals surface area contributed by atoms with E-state index in [4.69, 9.17) is 0 Å². The van der Waals surface area contributed by atoms with Gasteiger partial charge in [0, 0.05) is 13.1 Å². The maximum Gasteiger partial charge on any atom is 0.123 e. The van der Waals surface area contributed by atoms with Crippen molar-refractivity contribution in [2.75, 3.05) is 7.05 Å². The third kappa shape index (κ3) is 1.99. The second kappa shape index (κ2) is 4.05. The molecule has 1 N–H and O–H groups in total.